The van der Waals surface area contributed by atoms with E-state index < -0.39 is 9.84 Å². The van der Waals surface area contributed by atoms with Crippen molar-refractivity contribution in [2.45, 2.75) is 44.8 Å². The van der Waals surface area contributed by atoms with Crippen LogP contribution in [0.15, 0.2) is 17.0 Å². The van der Waals surface area contributed by atoms with E-state index in [0.717, 1.165) is 16.8 Å². The van der Waals surface area contributed by atoms with Gasteiger partial charge in [0.2, 0.25) is 0 Å². The van der Waals surface area contributed by atoms with E-state index in [2.05, 4.69) is 5.32 Å². The molecule has 18 heavy (non-hydrogen) atoms. The Bertz CT molecular complexity index is 583. The zero-order valence-electron chi connectivity index (χ0n) is 11.7. The molecule has 0 spiro atoms. The first-order valence-corrected chi connectivity index (χ1v) is 7.78. The summed E-state index contributed by atoms with van der Waals surface area (Å²) in [6.07, 6.45) is 0. The second-order valence-corrected chi connectivity index (χ2v) is 8.26. The monoisotopic (exact) mass is 267 g/mol. The van der Waals surface area contributed by atoms with E-state index in [1.165, 1.54) is 0 Å². The quantitative estimate of drug-likeness (QED) is 0.786. The van der Waals surface area contributed by atoms with Gasteiger partial charge in [0.1, 0.15) is 0 Å². The lowest BCUT2D eigenvalue weighted by atomic mass is 9.91. The number of fused-ring (bicyclic) bond motifs is 1. The summed E-state index contributed by atoms with van der Waals surface area (Å²) in [6, 6.07) is 3.62. The zero-order chi connectivity index (χ0) is 13.7. The van der Waals surface area contributed by atoms with Gasteiger partial charge in [0.15, 0.2) is 9.84 Å². The number of hydrogen-bond donors (Lipinski definition) is 1. The minimum Gasteiger partial charge on any atom is -0.382 e. The minimum atomic E-state index is -3.24. The Balaban J connectivity index is 2.64. The van der Waals surface area contributed by atoms with Crippen LogP contribution in [-0.4, -0.2) is 20.2 Å². The maximum atomic E-state index is 12.7. The Kier molecular flexibility index (Phi) is 2.97. The fourth-order valence-corrected chi connectivity index (χ4v) is 4.78. The number of aryl methyl sites for hydroxylation is 1. The predicted octanol–water partition coefficient (Wildman–Crippen LogP) is 2.92. The first-order valence-electron chi connectivity index (χ1n) is 6.23. The average Bonchev–Trinajstić information content (AvgIpc) is 2.21. The Labute approximate surface area is 110 Å². The van der Waals surface area contributed by atoms with E-state index in [4.69, 9.17) is 0 Å². The molecule has 0 radical (unpaired) electrons. The SMILES string of the molecule is Cc1ccc2c(c1C)NCC(C(C)(C)C)S2(=O)=O. The molecule has 0 fully saturated rings. The van der Waals surface area contributed by atoms with E-state index in [-0.39, 0.29) is 10.7 Å². The van der Waals surface area contributed by atoms with Crippen molar-refractivity contribution in [3.63, 3.8) is 0 Å². The summed E-state index contributed by atoms with van der Waals surface area (Å²) in [5.41, 5.74) is 2.67. The standard InChI is InChI=1S/C14H21NO2S/c1-9-6-7-11-13(10(9)2)15-8-12(14(3,4)5)18(11,16)17/h6-7,12,15H,8H2,1-5H3. The second-order valence-electron chi connectivity index (χ2n) is 6.16. The van der Waals surface area contributed by atoms with Crippen molar-refractivity contribution in [2.24, 2.45) is 5.41 Å². The molecule has 1 heterocycles. The topological polar surface area (TPSA) is 46.2 Å². The second kappa shape index (κ2) is 3.98. The molecule has 3 nitrogen and oxygen atoms in total. The number of anilines is 1. The summed E-state index contributed by atoms with van der Waals surface area (Å²) >= 11 is 0. The number of benzene rings is 1. The average molecular weight is 267 g/mol. The van der Waals surface area contributed by atoms with Gasteiger partial charge in [0.05, 0.1) is 15.8 Å². The van der Waals surface area contributed by atoms with Crippen LogP contribution in [0.3, 0.4) is 0 Å². The third kappa shape index (κ3) is 1.92. The first kappa shape index (κ1) is 13.4. The van der Waals surface area contributed by atoms with Gasteiger partial charge in [-0.1, -0.05) is 26.8 Å². The van der Waals surface area contributed by atoms with E-state index in [0.29, 0.717) is 11.4 Å². The summed E-state index contributed by atoms with van der Waals surface area (Å²) in [6.45, 7) is 10.4. The first-order chi connectivity index (χ1) is 8.15. The van der Waals surface area contributed by atoms with Crippen LogP contribution in [-0.2, 0) is 9.84 Å². The van der Waals surface area contributed by atoms with Crippen LogP contribution >= 0.6 is 0 Å². The molecule has 0 saturated carbocycles. The number of hydrogen-bond acceptors (Lipinski definition) is 3. The van der Waals surface area contributed by atoms with E-state index in [9.17, 15) is 8.42 Å². The molecule has 4 heteroatoms. The highest BCUT2D eigenvalue weighted by Gasteiger charge is 2.41. The van der Waals surface area contributed by atoms with Crippen molar-refractivity contribution >= 4 is 15.5 Å². The van der Waals surface area contributed by atoms with E-state index in [1.807, 2.05) is 40.7 Å². The molecule has 0 saturated heterocycles. The van der Waals surface area contributed by atoms with Crippen LogP contribution in [0.5, 0.6) is 0 Å². The molecule has 1 unspecified atom stereocenters. The molecule has 2 rings (SSSR count). The fraction of sp³-hybridized carbons (Fsp3) is 0.571. The Morgan fingerprint density at radius 1 is 1.22 bits per heavy atom. The molecule has 100 valence electrons. The van der Waals surface area contributed by atoms with Gasteiger partial charge < -0.3 is 5.32 Å². The molecule has 1 aliphatic rings. The smallest absolute Gasteiger partial charge is 0.185 e. The molecular formula is C14H21NO2S. The van der Waals surface area contributed by atoms with Crippen LogP contribution in [0.2, 0.25) is 0 Å². The van der Waals surface area contributed by atoms with Crippen molar-refractivity contribution in [3.8, 4) is 0 Å². The van der Waals surface area contributed by atoms with E-state index in [1.54, 1.807) is 6.07 Å². The van der Waals surface area contributed by atoms with Gasteiger partial charge in [-0.3, -0.25) is 0 Å². The molecule has 1 aliphatic heterocycles. The predicted molar refractivity (Wildman–Crippen MR) is 74.8 cm³/mol. The van der Waals surface area contributed by atoms with Gasteiger partial charge in [-0.25, -0.2) is 8.42 Å². The number of nitrogens with one attached hydrogen (secondary N) is 1. The van der Waals surface area contributed by atoms with Gasteiger partial charge in [0.25, 0.3) is 0 Å². The Morgan fingerprint density at radius 3 is 2.39 bits per heavy atom. The van der Waals surface area contributed by atoms with Crippen molar-refractivity contribution in [1.82, 2.24) is 0 Å². The summed E-state index contributed by atoms with van der Waals surface area (Å²) in [5.74, 6) is 0. The van der Waals surface area contributed by atoms with Crippen LogP contribution in [0.4, 0.5) is 5.69 Å². The van der Waals surface area contributed by atoms with Crippen LogP contribution in [0, 0.1) is 19.3 Å². The normalized spacial score (nSPS) is 22.2. The molecule has 0 amide bonds. The number of sulfone groups is 1. The van der Waals surface area contributed by atoms with Gasteiger partial charge in [-0.05, 0) is 36.5 Å². The maximum Gasteiger partial charge on any atom is 0.185 e. The summed E-state index contributed by atoms with van der Waals surface area (Å²) in [4.78, 5) is 0.455. The highest BCUT2D eigenvalue weighted by Crippen LogP contribution is 2.39. The molecule has 0 aliphatic carbocycles. The van der Waals surface area contributed by atoms with Crippen molar-refractivity contribution in [2.75, 3.05) is 11.9 Å². The van der Waals surface area contributed by atoms with Gasteiger partial charge >= 0.3 is 0 Å². The Hall–Kier alpha value is -1.03. The summed E-state index contributed by atoms with van der Waals surface area (Å²) in [5, 5.41) is 2.93. The van der Waals surface area contributed by atoms with Gasteiger partial charge in [-0.15, -0.1) is 0 Å². The van der Waals surface area contributed by atoms with E-state index >= 15 is 0 Å². The molecule has 1 atom stereocenters. The lowest BCUT2D eigenvalue weighted by Crippen LogP contribution is -2.43. The van der Waals surface area contributed by atoms with Gasteiger partial charge in [0, 0.05) is 6.54 Å². The lowest BCUT2D eigenvalue weighted by Gasteiger charge is -2.35. The third-order valence-corrected chi connectivity index (χ3v) is 6.39. The Morgan fingerprint density at radius 2 is 1.83 bits per heavy atom. The molecule has 1 aromatic carbocycles. The molecule has 1 N–H and O–H groups in total. The maximum absolute atomic E-state index is 12.7. The van der Waals surface area contributed by atoms with Crippen molar-refractivity contribution < 1.29 is 8.42 Å². The molecule has 0 aromatic heterocycles. The summed E-state index contributed by atoms with van der Waals surface area (Å²) < 4.78 is 25.3. The zero-order valence-corrected chi connectivity index (χ0v) is 12.5. The van der Waals surface area contributed by atoms with Crippen LogP contribution in [0.1, 0.15) is 31.9 Å². The van der Waals surface area contributed by atoms with Crippen molar-refractivity contribution in [3.05, 3.63) is 23.3 Å². The van der Waals surface area contributed by atoms with Crippen LogP contribution < -0.4 is 5.32 Å². The fourth-order valence-electron chi connectivity index (χ4n) is 2.48. The molecular weight excluding hydrogens is 246 g/mol. The van der Waals surface area contributed by atoms with Crippen LogP contribution in [0.25, 0.3) is 0 Å². The minimum absolute atomic E-state index is 0.262. The highest BCUT2D eigenvalue weighted by atomic mass is 32.2. The highest BCUT2D eigenvalue weighted by molar-refractivity contribution is 7.92. The lowest BCUT2D eigenvalue weighted by molar-refractivity contribution is 0.382. The third-order valence-electron chi connectivity index (χ3n) is 3.81. The number of rotatable bonds is 0. The van der Waals surface area contributed by atoms with Gasteiger partial charge in [-0.2, -0.15) is 0 Å². The largest absolute Gasteiger partial charge is 0.382 e. The summed E-state index contributed by atoms with van der Waals surface area (Å²) in [7, 11) is -3.24. The molecule has 0 bridgehead atoms. The van der Waals surface area contributed by atoms with Crippen molar-refractivity contribution in [1.29, 1.82) is 0 Å². The molecule has 1 aromatic rings.